The molecule has 1 fully saturated rings. The van der Waals surface area contributed by atoms with E-state index in [-0.39, 0.29) is 42.2 Å². The molecule has 1 aliphatic rings. The second-order valence-electron chi connectivity index (χ2n) is 11.9. The Bertz CT molecular complexity index is 1120. The molecule has 2 heterocycles. The van der Waals surface area contributed by atoms with E-state index in [0.717, 1.165) is 40.8 Å². The molecule has 0 N–H and O–H groups in total. The molecule has 206 valence electrons. The van der Waals surface area contributed by atoms with Crippen molar-refractivity contribution in [2.75, 3.05) is 27.2 Å². The summed E-state index contributed by atoms with van der Waals surface area (Å²) in [6, 6.07) is 7.84. The van der Waals surface area contributed by atoms with Gasteiger partial charge in [-0.1, -0.05) is 32.0 Å². The van der Waals surface area contributed by atoms with Crippen LogP contribution < -0.4 is 0 Å². The summed E-state index contributed by atoms with van der Waals surface area (Å²) in [6.07, 6.45) is 6.16. The number of hydrogen-bond donors (Lipinski definition) is 0. The Morgan fingerprint density at radius 1 is 1.11 bits per heavy atom. The minimum Gasteiger partial charge on any atom is -0.333 e. The predicted octanol–water partition coefficient (Wildman–Crippen LogP) is 5.60. The van der Waals surface area contributed by atoms with E-state index in [1.165, 1.54) is 0 Å². The number of hydrogen-bond acceptors (Lipinski definition) is 5. The zero-order chi connectivity index (χ0) is 28.0. The average molecular weight is 520 g/mol. The van der Waals surface area contributed by atoms with E-state index in [4.69, 9.17) is 0 Å². The highest BCUT2D eigenvalue weighted by Gasteiger charge is 2.36. The van der Waals surface area contributed by atoms with Crippen molar-refractivity contribution in [2.24, 2.45) is 11.8 Å². The zero-order valence-electron chi connectivity index (χ0n) is 24.3. The van der Waals surface area contributed by atoms with E-state index in [9.17, 15) is 14.4 Å². The van der Waals surface area contributed by atoms with E-state index in [0.29, 0.717) is 25.3 Å². The van der Waals surface area contributed by atoms with Crippen LogP contribution in [-0.4, -0.2) is 65.5 Å². The number of aryl methyl sites for hydroxylation is 2. The third-order valence-electron chi connectivity index (χ3n) is 7.61. The molecule has 3 atom stereocenters. The van der Waals surface area contributed by atoms with E-state index in [1.807, 2.05) is 31.3 Å². The summed E-state index contributed by atoms with van der Waals surface area (Å²) < 4.78 is 0. The lowest BCUT2D eigenvalue weighted by molar-refractivity contribution is -0.144. The number of carbonyl (C=O) groups is 3. The molecular weight excluding hydrogens is 474 g/mol. The smallest absolute Gasteiger partial charge is 0.223 e. The molecule has 2 aromatic rings. The molecule has 38 heavy (non-hydrogen) atoms. The molecule has 6 nitrogen and oxygen atoms in total. The third-order valence-corrected chi connectivity index (χ3v) is 7.61. The standard InChI is InChI=1S/C32H45N3O3/c1-21(2)13-29(35-12-11-25(15-31(35)38)20-34(6)7)30(37)17-26(14-24(5)36)27-16-28(19-33-18-27)32-22(3)9-8-10-23(32)4/h8-10,16,18-19,21,25-26,29H,11-15,17,20H2,1-7H3/t25?,26-,29+/m1/s1. The molecule has 1 aromatic carbocycles. The molecule has 6 heteroatoms. The molecule has 1 aromatic heterocycles. The van der Waals surface area contributed by atoms with Crippen molar-refractivity contribution < 1.29 is 14.4 Å². The highest BCUT2D eigenvalue weighted by Crippen LogP contribution is 2.33. The van der Waals surface area contributed by atoms with Gasteiger partial charge in [-0.05, 0) is 93.8 Å². The number of likely N-dealkylation sites (tertiary alicyclic amines) is 1. The van der Waals surface area contributed by atoms with Gasteiger partial charge in [0.25, 0.3) is 0 Å². The van der Waals surface area contributed by atoms with Gasteiger partial charge in [0.2, 0.25) is 5.91 Å². The summed E-state index contributed by atoms with van der Waals surface area (Å²) in [5.41, 5.74) is 5.36. The maximum Gasteiger partial charge on any atom is 0.223 e. The van der Waals surface area contributed by atoms with E-state index >= 15 is 0 Å². The van der Waals surface area contributed by atoms with Crippen molar-refractivity contribution in [3.8, 4) is 11.1 Å². The Balaban J connectivity index is 1.87. The minimum atomic E-state index is -0.452. The van der Waals surface area contributed by atoms with Gasteiger partial charge in [-0.2, -0.15) is 0 Å². The van der Waals surface area contributed by atoms with Crippen molar-refractivity contribution >= 4 is 17.5 Å². The van der Waals surface area contributed by atoms with Gasteiger partial charge < -0.3 is 14.6 Å². The molecule has 1 amide bonds. The molecule has 0 aliphatic carbocycles. The van der Waals surface area contributed by atoms with Gasteiger partial charge in [0, 0.05) is 50.3 Å². The van der Waals surface area contributed by atoms with Crippen LogP contribution in [0.2, 0.25) is 0 Å². The van der Waals surface area contributed by atoms with Crippen LogP contribution in [0, 0.1) is 25.7 Å². The Morgan fingerprint density at radius 3 is 2.37 bits per heavy atom. The maximum atomic E-state index is 13.9. The van der Waals surface area contributed by atoms with Crippen LogP contribution in [0.15, 0.2) is 36.7 Å². The SMILES string of the molecule is CC(=O)C[C@H](CC(=O)[C@H](CC(C)C)N1CCC(CN(C)C)CC1=O)c1cncc(-c2c(C)cccc2C)c1. The Kier molecular flexibility index (Phi) is 10.4. The van der Waals surface area contributed by atoms with Crippen LogP contribution in [0.25, 0.3) is 11.1 Å². The number of ketones is 2. The molecule has 1 saturated heterocycles. The Labute approximate surface area is 228 Å². The molecule has 0 bridgehead atoms. The van der Waals surface area contributed by atoms with E-state index in [2.05, 4.69) is 55.8 Å². The van der Waals surface area contributed by atoms with Gasteiger partial charge in [0.1, 0.15) is 5.78 Å². The zero-order valence-corrected chi connectivity index (χ0v) is 24.3. The minimum absolute atomic E-state index is 0.0428. The number of rotatable bonds is 12. The summed E-state index contributed by atoms with van der Waals surface area (Å²) in [5, 5.41) is 0. The molecule has 1 aliphatic heterocycles. The van der Waals surface area contributed by atoms with Crippen molar-refractivity contribution in [1.29, 1.82) is 0 Å². The lowest BCUT2D eigenvalue weighted by Gasteiger charge is -2.38. The van der Waals surface area contributed by atoms with Crippen LogP contribution >= 0.6 is 0 Å². The predicted molar refractivity (Wildman–Crippen MR) is 153 cm³/mol. The third kappa shape index (κ3) is 7.83. The van der Waals surface area contributed by atoms with E-state index < -0.39 is 6.04 Å². The fourth-order valence-corrected chi connectivity index (χ4v) is 5.91. The first-order valence-electron chi connectivity index (χ1n) is 13.9. The first-order chi connectivity index (χ1) is 18.0. The van der Waals surface area contributed by atoms with Crippen LogP contribution in [0.4, 0.5) is 0 Å². The molecule has 1 unspecified atom stereocenters. The molecule has 0 saturated carbocycles. The monoisotopic (exact) mass is 519 g/mol. The first-order valence-corrected chi connectivity index (χ1v) is 13.9. The lowest BCUT2D eigenvalue weighted by atomic mass is 9.84. The van der Waals surface area contributed by atoms with Gasteiger partial charge in [0.05, 0.1) is 6.04 Å². The van der Waals surface area contributed by atoms with Crippen LogP contribution in [0.3, 0.4) is 0 Å². The summed E-state index contributed by atoms with van der Waals surface area (Å²) in [7, 11) is 4.06. The van der Waals surface area contributed by atoms with Crippen LogP contribution in [0.5, 0.6) is 0 Å². The number of pyridine rings is 1. The quantitative estimate of drug-likeness (QED) is 0.365. The molecule has 0 spiro atoms. The van der Waals surface area contributed by atoms with Crippen molar-refractivity contribution in [1.82, 2.24) is 14.8 Å². The first kappa shape index (κ1) is 29.7. The molecular formula is C32H45N3O3. The molecule has 3 rings (SSSR count). The Hall–Kier alpha value is -2.86. The van der Waals surface area contributed by atoms with Crippen molar-refractivity contribution in [3.05, 3.63) is 53.3 Å². The number of aromatic nitrogens is 1. The van der Waals surface area contributed by atoms with Gasteiger partial charge in [0.15, 0.2) is 5.78 Å². The largest absolute Gasteiger partial charge is 0.333 e. The lowest BCUT2D eigenvalue weighted by Crippen LogP contribution is -2.50. The number of amides is 1. The highest BCUT2D eigenvalue weighted by molar-refractivity contribution is 5.90. The average Bonchev–Trinajstić information content (AvgIpc) is 2.82. The number of carbonyl (C=O) groups excluding carboxylic acids is 3. The maximum absolute atomic E-state index is 13.9. The summed E-state index contributed by atoms with van der Waals surface area (Å²) in [5.74, 6) is 0.490. The van der Waals surface area contributed by atoms with Gasteiger partial charge in [-0.15, -0.1) is 0 Å². The number of nitrogens with zero attached hydrogens (tertiary/aromatic N) is 3. The summed E-state index contributed by atoms with van der Waals surface area (Å²) in [4.78, 5) is 47.8. The van der Waals surface area contributed by atoms with Gasteiger partial charge in [-0.3, -0.25) is 14.6 Å². The van der Waals surface area contributed by atoms with Gasteiger partial charge >= 0.3 is 0 Å². The second-order valence-corrected chi connectivity index (χ2v) is 11.9. The number of Topliss-reactive ketones (excluding diaryl/α,β-unsaturated/α-hetero) is 2. The topological polar surface area (TPSA) is 70.6 Å². The van der Waals surface area contributed by atoms with E-state index in [1.54, 1.807) is 13.1 Å². The second kappa shape index (κ2) is 13.3. The fourth-order valence-electron chi connectivity index (χ4n) is 5.91. The van der Waals surface area contributed by atoms with Crippen LogP contribution in [-0.2, 0) is 14.4 Å². The number of piperidine rings is 1. The summed E-state index contributed by atoms with van der Waals surface area (Å²) in [6.45, 7) is 11.4. The fraction of sp³-hybridized carbons (Fsp3) is 0.562. The van der Waals surface area contributed by atoms with Gasteiger partial charge in [-0.25, -0.2) is 0 Å². The Morgan fingerprint density at radius 2 is 1.79 bits per heavy atom. The normalized spacial score (nSPS) is 17.7. The van der Waals surface area contributed by atoms with Crippen molar-refractivity contribution in [3.63, 3.8) is 0 Å². The van der Waals surface area contributed by atoms with Crippen molar-refractivity contribution in [2.45, 2.75) is 78.7 Å². The molecule has 0 radical (unpaired) electrons. The summed E-state index contributed by atoms with van der Waals surface area (Å²) >= 11 is 0. The highest BCUT2D eigenvalue weighted by atomic mass is 16.2. The van der Waals surface area contributed by atoms with Crippen LogP contribution in [0.1, 0.15) is 75.5 Å². The number of benzene rings is 1.